The summed E-state index contributed by atoms with van der Waals surface area (Å²) in [7, 11) is 0. The van der Waals surface area contributed by atoms with Gasteiger partial charge < -0.3 is 5.32 Å². The molecular weight excluding hydrogens is 366 g/mol. The first-order valence-corrected chi connectivity index (χ1v) is 8.77. The standard InChI is InChI=1S/C19H16ClN5O2/c1-11-2-4-12(5-3-11)17-23-19-22-16(26)10-15(25(19)24-17)18(27)21-14-8-6-13(20)7-9-14/h2-9,15H,10H2,1H3,(H,21,27)(H,22,23,24,26)/t15-/m1/s1. The topological polar surface area (TPSA) is 88.9 Å². The van der Waals surface area contributed by atoms with Crippen molar-refractivity contribution in [3.05, 3.63) is 59.1 Å². The van der Waals surface area contributed by atoms with Gasteiger partial charge in [0, 0.05) is 16.3 Å². The van der Waals surface area contributed by atoms with Crippen molar-refractivity contribution in [1.82, 2.24) is 14.8 Å². The molecule has 0 saturated heterocycles. The molecule has 0 aliphatic carbocycles. The third-order valence-corrected chi connectivity index (χ3v) is 4.53. The summed E-state index contributed by atoms with van der Waals surface area (Å²) < 4.78 is 1.46. The first-order chi connectivity index (χ1) is 13.0. The van der Waals surface area contributed by atoms with E-state index in [0.29, 0.717) is 16.5 Å². The van der Waals surface area contributed by atoms with Gasteiger partial charge in [0.1, 0.15) is 6.04 Å². The fraction of sp³-hybridized carbons (Fsp3) is 0.158. The molecule has 4 rings (SSSR count). The minimum Gasteiger partial charge on any atom is -0.324 e. The third-order valence-electron chi connectivity index (χ3n) is 4.28. The second-order valence-electron chi connectivity index (χ2n) is 6.33. The van der Waals surface area contributed by atoms with Crippen LogP contribution in [-0.2, 0) is 9.59 Å². The maximum absolute atomic E-state index is 12.7. The van der Waals surface area contributed by atoms with E-state index in [1.807, 2.05) is 31.2 Å². The first kappa shape index (κ1) is 17.2. The van der Waals surface area contributed by atoms with E-state index in [9.17, 15) is 9.59 Å². The molecule has 2 amide bonds. The lowest BCUT2D eigenvalue weighted by Gasteiger charge is -2.22. The van der Waals surface area contributed by atoms with Crippen molar-refractivity contribution in [3.8, 4) is 11.4 Å². The molecule has 2 aromatic carbocycles. The molecule has 0 spiro atoms. The minimum absolute atomic E-state index is 0.0108. The Bertz CT molecular complexity index is 1010. The summed E-state index contributed by atoms with van der Waals surface area (Å²) in [6.45, 7) is 1.99. The number of hydrogen-bond acceptors (Lipinski definition) is 4. The normalized spacial score (nSPS) is 15.8. The highest BCUT2D eigenvalue weighted by atomic mass is 35.5. The fourth-order valence-electron chi connectivity index (χ4n) is 2.85. The van der Waals surface area contributed by atoms with Gasteiger partial charge >= 0.3 is 0 Å². The smallest absolute Gasteiger partial charge is 0.249 e. The number of nitrogens with one attached hydrogen (secondary N) is 2. The van der Waals surface area contributed by atoms with Crippen molar-refractivity contribution in [2.45, 2.75) is 19.4 Å². The zero-order chi connectivity index (χ0) is 19.0. The number of carbonyl (C=O) groups excluding carboxylic acids is 2. The number of amides is 2. The molecule has 0 bridgehead atoms. The van der Waals surface area contributed by atoms with E-state index in [0.717, 1.165) is 11.1 Å². The van der Waals surface area contributed by atoms with Crippen molar-refractivity contribution in [1.29, 1.82) is 0 Å². The molecule has 3 aromatic rings. The fourth-order valence-corrected chi connectivity index (χ4v) is 2.98. The lowest BCUT2D eigenvalue weighted by Crippen LogP contribution is -2.36. The van der Waals surface area contributed by atoms with Crippen LogP contribution < -0.4 is 10.6 Å². The van der Waals surface area contributed by atoms with Crippen molar-refractivity contribution in [2.75, 3.05) is 10.6 Å². The molecule has 136 valence electrons. The van der Waals surface area contributed by atoms with Crippen LogP contribution in [-0.4, -0.2) is 26.6 Å². The maximum atomic E-state index is 12.7. The summed E-state index contributed by atoms with van der Waals surface area (Å²) in [4.78, 5) is 29.2. The molecule has 0 saturated carbocycles. The van der Waals surface area contributed by atoms with Gasteiger partial charge in [-0.3, -0.25) is 14.9 Å². The molecule has 1 aromatic heterocycles. The van der Waals surface area contributed by atoms with Gasteiger partial charge in [-0.05, 0) is 31.2 Å². The summed E-state index contributed by atoms with van der Waals surface area (Å²) in [5.41, 5.74) is 2.53. The van der Waals surface area contributed by atoms with Crippen LogP contribution in [0.4, 0.5) is 11.6 Å². The number of aryl methyl sites for hydroxylation is 1. The molecule has 2 heterocycles. The highest BCUT2D eigenvalue weighted by Gasteiger charge is 2.33. The molecule has 8 heteroatoms. The second-order valence-corrected chi connectivity index (χ2v) is 6.77. The van der Waals surface area contributed by atoms with Gasteiger partial charge in [-0.2, -0.15) is 4.98 Å². The number of carbonyl (C=O) groups is 2. The van der Waals surface area contributed by atoms with Crippen LogP contribution in [0.2, 0.25) is 5.02 Å². The number of halogens is 1. The van der Waals surface area contributed by atoms with E-state index >= 15 is 0 Å². The highest BCUT2D eigenvalue weighted by molar-refractivity contribution is 6.30. The van der Waals surface area contributed by atoms with Crippen LogP contribution in [0.5, 0.6) is 0 Å². The molecular formula is C19H16ClN5O2. The zero-order valence-corrected chi connectivity index (χ0v) is 15.2. The van der Waals surface area contributed by atoms with E-state index in [1.54, 1.807) is 24.3 Å². The van der Waals surface area contributed by atoms with Crippen LogP contribution in [0.15, 0.2) is 48.5 Å². The summed E-state index contributed by atoms with van der Waals surface area (Å²) in [6.07, 6.45) is -0.0108. The molecule has 0 unspecified atom stereocenters. The van der Waals surface area contributed by atoms with E-state index in [4.69, 9.17) is 11.6 Å². The van der Waals surface area contributed by atoms with Crippen molar-refractivity contribution in [2.24, 2.45) is 0 Å². The Morgan fingerprint density at radius 3 is 2.59 bits per heavy atom. The molecule has 0 radical (unpaired) electrons. The number of hydrogen-bond donors (Lipinski definition) is 2. The number of rotatable bonds is 3. The Morgan fingerprint density at radius 1 is 1.19 bits per heavy atom. The molecule has 7 nitrogen and oxygen atoms in total. The molecule has 2 N–H and O–H groups in total. The number of aromatic nitrogens is 3. The Hall–Kier alpha value is -3.19. The highest BCUT2D eigenvalue weighted by Crippen LogP contribution is 2.27. The SMILES string of the molecule is Cc1ccc(-c2nc3n(n2)[C@@H](C(=O)Nc2ccc(Cl)cc2)CC(=O)N3)cc1. The summed E-state index contributed by atoms with van der Waals surface area (Å²) >= 11 is 5.87. The van der Waals surface area contributed by atoms with E-state index < -0.39 is 6.04 Å². The lowest BCUT2D eigenvalue weighted by molar-refractivity contribution is -0.125. The molecule has 1 aliphatic rings. The van der Waals surface area contributed by atoms with E-state index in [2.05, 4.69) is 20.7 Å². The van der Waals surface area contributed by atoms with Gasteiger partial charge in [0.2, 0.25) is 17.8 Å². The monoisotopic (exact) mass is 381 g/mol. The quantitative estimate of drug-likeness (QED) is 0.727. The number of anilines is 2. The summed E-state index contributed by atoms with van der Waals surface area (Å²) in [5, 5.41) is 10.5. The number of nitrogens with zero attached hydrogens (tertiary/aromatic N) is 3. The van der Waals surface area contributed by atoms with Crippen molar-refractivity contribution in [3.63, 3.8) is 0 Å². The Morgan fingerprint density at radius 2 is 1.89 bits per heavy atom. The van der Waals surface area contributed by atoms with Gasteiger partial charge in [-0.25, -0.2) is 4.68 Å². The third kappa shape index (κ3) is 3.54. The Labute approximate surface area is 160 Å². The van der Waals surface area contributed by atoms with Crippen molar-refractivity contribution < 1.29 is 9.59 Å². The predicted octanol–water partition coefficient (Wildman–Crippen LogP) is 3.43. The zero-order valence-electron chi connectivity index (χ0n) is 14.4. The molecule has 1 aliphatic heterocycles. The number of fused-ring (bicyclic) bond motifs is 1. The van der Waals surface area contributed by atoms with Crippen LogP contribution in [0.3, 0.4) is 0 Å². The Balaban J connectivity index is 1.63. The van der Waals surface area contributed by atoms with Crippen LogP contribution >= 0.6 is 11.6 Å². The minimum atomic E-state index is -0.781. The lowest BCUT2D eigenvalue weighted by atomic mass is 10.1. The van der Waals surface area contributed by atoms with Crippen molar-refractivity contribution >= 4 is 35.1 Å². The van der Waals surface area contributed by atoms with E-state index in [-0.39, 0.29) is 24.2 Å². The van der Waals surface area contributed by atoms with Crippen LogP contribution in [0.1, 0.15) is 18.0 Å². The summed E-state index contributed by atoms with van der Waals surface area (Å²) in [5.74, 6) is 0.102. The molecule has 1 atom stereocenters. The summed E-state index contributed by atoms with van der Waals surface area (Å²) in [6, 6.07) is 13.7. The Kier molecular flexibility index (Phi) is 4.37. The van der Waals surface area contributed by atoms with E-state index in [1.165, 1.54) is 4.68 Å². The molecule has 27 heavy (non-hydrogen) atoms. The van der Waals surface area contributed by atoms with Crippen LogP contribution in [0, 0.1) is 6.92 Å². The second kappa shape index (κ2) is 6.85. The van der Waals surface area contributed by atoms with Gasteiger partial charge in [-0.1, -0.05) is 41.4 Å². The number of benzene rings is 2. The van der Waals surface area contributed by atoms with Gasteiger partial charge in [-0.15, -0.1) is 5.10 Å². The maximum Gasteiger partial charge on any atom is 0.249 e. The van der Waals surface area contributed by atoms with Gasteiger partial charge in [0.25, 0.3) is 0 Å². The van der Waals surface area contributed by atoms with Gasteiger partial charge in [0.05, 0.1) is 6.42 Å². The predicted molar refractivity (Wildman–Crippen MR) is 103 cm³/mol. The average molecular weight is 382 g/mol. The first-order valence-electron chi connectivity index (χ1n) is 8.39. The largest absolute Gasteiger partial charge is 0.324 e. The average Bonchev–Trinajstić information content (AvgIpc) is 3.07. The van der Waals surface area contributed by atoms with Gasteiger partial charge in [0.15, 0.2) is 5.82 Å². The van der Waals surface area contributed by atoms with Crippen LogP contribution in [0.25, 0.3) is 11.4 Å². The molecule has 0 fully saturated rings.